The van der Waals surface area contributed by atoms with Gasteiger partial charge in [0, 0.05) is 12.7 Å². The Balaban J connectivity index is 2.72. The molecule has 0 aromatic heterocycles. The molecule has 0 bridgehead atoms. The highest BCUT2D eigenvalue weighted by molar-refractivity contribution is 5.89. The van der Waals surface area contributed by atoms with Gasteiger partial charge in [0.2, 0.25) is 0 Å². The highest BCUT2D eigenvalue weighted by Gasteiger charge is 2.26. The van der Waals surface area contributed by atoms with Crippen LogP contribution in [0, 0.1) is 0 Å². The van der Waals surface area contributed by atoms with Gasteiger partial charge >= 0.3 is 6.03 Å². The maximum Gasteiger partial charge on any atom is 0.322 e. The highest BCUT2D eigenvalue weighted by atomic mass is 16.3. The molecule has 0 spiro atoms. The molecule has 1 aromatic rings. The monoisotopic (exact) mass is 266 g/mol. The van der Waals surface area contributed by atoms with Crippen molar-refractivity contribution < 1.29 is 15.0 Å². The number of nitrogens with one attached hydrogen (secondary N) is 1. The molecule has 5 heteroatoms. The Labute approximate surface area is 113 Å². The molecule has 1 aromatic carbocycles. The summed E-state index contributed by atoms with van der Waals surface area (Å²) in [5.41, 5.74) is 0.820. The van der Waals surface area contributed by atoms with Crippen LogP contribution in [0.25, 0.3) is 0 Å². The number of likely N-dealkylation sites (N-methyl/N-ethyl adjacent to an activating group) is 1. The summed E-state index contributed by atoms with van der Waals surface area (Å²) >= 11 is 0. The second kappa shape index (κ2) is 6.04. The minimum atomic E-state index is -0.621. The van der Waals surface area contributed by atoms with Gasteiger partial charge in [0.15, 0.2) is 0 Å². The Hall–Kier alpha value is -1.59. The van der Waals surface area contributed by atoms with Crippen molar-refractivity contribution in [1.29, 1.82) is 0 Å². The zero-order chi connectivity index (χ0) is 14.6. The molecule has 0 saturated carbocycles. The zero-order valence-corrected chi connectivity index (χ0v) is 11.8. The molecule has 1 atom stereocenters. The molecular formula is C14H22N2O3. The number of nitrogens with zero attached hydrogens (tertiary/aromatic N) is 1. The fraction of sp³-hybridized carbons (Fsp3) is 0.500. The van der Waals surface area contributed by atoms with E-state index in [0.717, 1.165) is 5.56 Å². The van der Waals surface area contributed by atoms with Crippen LogP contribution in [0.4, 0.5) is 10.5 Å². The molecule has 0 heterocycles. The van der Waals surface area contributed by atoms with E-state index in [1.807, 2.05) is 0 Å². The standard InChI is InChI=1S/C14H22N2O3/c1-10(18)11-5-7-12(8-6-11)15-13(19)16(4)14(2,3)9-17/h5-8,10,17-18H,9H2,1-4H3,(H,15,19). The summed E-state index contributed by atoms with van der Waals surface area (Å²) in [7, 11) is 1.63. The molecule has 19 heavy (non-hydrogen) atoms. The van der Waals surface area contributed by atoms with Crippen molar-refractivity contribution in [3.63, 3.8) is 0 Å². The van der Waals surface area contributed by atoms with E-state index in [2.05, 4.69) is 5.32 Å². The molecule has 3 N–H and O–H groups in total. The lowest BCUT2D eigenvalue weighted by atomic mass is 10.1. The van der Waals surface area contributed by atoms with E-state index in [4.69, 9.17) is 0 Å². The van der Waals surface area contributed by atoms with Crippen molar-refractivity contribution in [3.05, 3.63) is 29.8 Å². The second-order valence-corrected chi connectivity index (χ2v) is 5.26. The maximum atomic E-state index is 12.0. The zero-order valence-electron chi connectivity index (χ0n) is 11.8. The van der Waals surface area contributed by atoms with Crippen molar-refractivity contribution in [2.75, 3.05) is 19.0 Å². The summed E-state index contributed by atoms with van der Waals surface area (Å²) in [6, 6.07) is 6.71. The number of anilines is 1. The minimum Gasteiger partial charge on any atom is -0.394 e. The van der Waals surface area contributed by atoms with Gasteiger partial charge in [-0.1, -0.05) is 12.1 Å². The predicted molar refractivity (Wildman–Crippen MR) is 75.0 cm³/mol. The van der Waals surface area contributed by atoms with Crippen LogP contribution in [0.2, 0.25) is 0 Å². The van der Waals surface area contributed by atoms with E-state index in [9.17, 15) is 15.0 Å². The summed E-state index contributed by atoms with van der Waals surface area (Å²) in [6.45, 7) is 5.13. The lowest BCUT2D eigenvalue weighted by Gasteiger charge is -2.33. The Kier molecular flexibility index (Phi) is 4.91. The van der Waals surface area contributed by atoms with Gasteiger partial charge < -0.3 is 20.4 Å². The molecule has 0 saturated heterocycles. The largest absolute Gasteiger partial charge is 0.394 e. The third-order valence-corrected chi connectivity index (χ3v) is 3.24. The number of hydrogen-bond acceptors (Lipinski definition) is 3. The quantitative estimate of drug-likeness (QED) is 0.780. The van der Waals surface area contributed by atoms with Crippen LogP contribution in [0.3, 0.4) is 0 Å². The second-order valence-electron chi connectivity index (χ2n) is 5.26. The van der Waals surface area contributed by atoms with Crippen LogP contribution in [0.15, 0.2) is 24.3 Å². The van der Waals surface area contributed by atoms with E-state index < -0.39 is 11.6 Å². The summed E-state index contributed by atoms with van der Waals surface area (Å²) in [5, 5.41) is 21.4. The molecule has 0 aliphatic heterocycles. The summed E-state index contributed by atoms with van der Waals surface area (Å²) in [6.07, 6.45) is -0.527. The summed E-state index contributed by atoms with van der Waals surface area (Å²) in [4.78, 5) is 13.4. The first-order valence-corrected chi connectivity index (χ1v) is 6.21. The van der Waals surface area contributed by atoms with E-state index in [-0.39, 0.29) is 12.6 Å². The fourth-order valence-electron chi connectivity index (χ4n) is 1.43. The Morgan fingerprint density at radius 2 is 1.89 bits per heavy atom. The van der Waals surface area contributed by atoms with Gasteiger partial charge in [0.05, 0.1) is 18.2 Å². The van der Waals surface area contributed by atoms with Crippen LogP contribution in [-0.4, -0.2) is 40.3 Å². The van der Waals surface area contributed by atoms with Crippen molar-refractivity contribution in [2.24, 2.45) is 0 Å². The van der Waals surface area contributed by atoms with E-state index in [1.165, 1.54) is 4.90 Å². The van der Waals surface area contributed by atoms with Crippen LogP contribution < -0.4 is 5.32 Å². The molecule has 0 aliphatic carbocycles. The molecular weight excluding hydrogens is 244 g/mol. The Bertz CT molecular complexity index is 427. The van der Waals surface area contributed by atoms with Crippen molar-refractivity contribution in [3.8, 4) is 0 Å². The number of aliphatic hydroxyl groups is 2. The van der Waals surface area contributed by atoms with Gasteiger partial charge in [0.1, 0.15) is 0 Å². The number of urea groups is 1. The predicted octanol–water partition coefficient (Wildman–Crippen LogP) is 1.97. The van der Waals surface area contributed by atoms with Crippen molar-refractivity contribution in [1.82, 2.24) is 4.90 Å². The number of benzene rings is 1. The summed E-state index contributed by atoms with van der Waals surface area (Å²) in [5.74, 6) is 0. The highest BCUT2D eigenvalue weighted by Crippen LogP contribution is 2.17. The summed E-state index contributed by atoms with van der Waals surface area (Å²) < 4.78 is 0. The third-order valence-electron chi connectivity index (χ3n) is 3.24. The first kappa shape index (κ1) is 15.5. The van der Waals surface area contributed by atoms with Crippen molar-refractivity contribution >= 4 is 11.7 Å². The smallest absolute Gasteiger partial charge is 0.322 e. The lowest BCUT2D eigenvalue weighted by molar-refractivity contribution is 0.104. The van der Waals surface area contributed by atoms with Crippen LogP contribution in [-0.2, 0) is 0 Å². The molecule has 0 fully saturated rings. The van der Waals surface area contributed by atoms with E-state index in [0.29, 0.717) is 5.69 Å². The number of hydrogen-bond donors (Lipinski definition) is 3. The number of amides is 2. The molecule has 5 nitrogen and oxygen atoms in total. The first-order chi connectivity index (χ1) is 8.77. The SMILES string of the molecule is CC(O)c1ccc(NC(=O)N(C)C(C)(C)CO)cc1. The van der Waals surface area contributed by atoms with Crippen molar-refractivity contribution in [2.45, 2.75) is 32.4 Å². The average molecular weight is 266 g/mol. The van der Waals surface area contributed by atoms with Crippen LogP contribution >= 0.6 is 0 Å². The fourth-order valence-corrected chi connectivity index (χ4v) is 1.43. The van der Waals surface area contributed by atoms with Gasteiger partial charge in [-0.15, -0.1) is 0 Å². The maximum absolute atomic E-state index is 12.0. The van der Waals surface area contributed by atoms with Gasteiger partial charge in [-0.2, -0.15) is 0 Å². The minimum absolute atomic E-state index is 0.113. The van der Waals surface area contributed by atoms with Crippen LogP contribution in [0.5, 0.6) is 0 Å². The topological polar surface area (TPSA) is 72.8 Å². The lowest BCUT2D eigenvalue weighted by Crippen LogP contribution is -2.49. The van der Waals surface area contributed by atoms with Gasteiger partial charge in [-0.3, -0.25) is 0 Å². The molecule has 0 aliphatic rings. The average Bonchev–Trinajstić information content (AvgIpc) is 2.38. The number of rotatable bonds is 4. The Morgan fingerprint density at radius 3 is 2.32 bits per heavy atom. The van der Waals surface area contributed by atoms with E-state index >= 15 is 0 Å². The molecule has 1 rings (SSSR count). The third kappa shape index (κ3) is 3.94. The molecule has 106 valence electrons. The Morgan fingerprint density at radius 1 is 1.37 bits per heavy atom. The molecule has 0 radical (unpaired) electrons. The van der Waals surface area contributed by atoms with Gasteiger partial charge in [-0.25, -0.2) is 4.79 Å². The van der Waals surface area contributed by atoms with E-state index in [1.54, 1.807) is 52.1 Å². The molecule has 1 unspecified atom stereocenters. The first-order valence-electron chi connectivity index (χ1n) is 6.21. The number of carbonyl (C=O) groups excluding carboxylic acids is 1. The van der Waals surface area contributed by atoms with Gasteiger partial charge in [-0.05, 0) is 38.5 Å². The number of aliphatic hydroxyl groups excluding tert-OH is 2. The van der Waals surface area contributed by atoms with Crippen LogP contribution in [0.1, 0.15) is 32.4 Å². The normalized spacial score (nSPS) is 12.9. The number of carbonyl (C=O) groups is 1. The van der Waals surface area contributed by atoms with Gasteiger partial charge in [0.25, 0.3) is 0 Å². The molecule has 2 amide bonds.